The van der Waals surface area contributed by atoms with Crippen molar-refractivity contribution in [2.75, 3.05) is 10.2 Å². The second kappa shape index (κ2) is 9.31. The summed E-state index contributed by atoms with van der Waals surface area (Å²) in [6.07, 6.45) is -4.36. The van der Waals surface area contributed by atoms with Crippen LogP contribution in [0, 0.1) is 0 Å². The summed E-state index contributed by atoms with van der Waals surface area (Å²) in [6.45, 7) is 0. The number of nitrogens with two attached hydrogens (primary N) is 1. The first-order chi connectivity index (χ1) is 15.0. The van der Waals surface area contributed by atoms with Gasteiger partial charge in [0.2, 0.25) is 0 Å². The minimum atomic E-state index is -6.00. The number of hydrazone groups is 1. The smallest absolute Gasteiger partial charge is 0.418 e. The number of benzene rings is 3. The minimum absolute atomic E-state index is 0.585. The van der Waals surface area contributed by atoms with Crippen molar-refractivity contribution in [3.8, 4) is 0 Å². The van der Waals surface area contributed by atoms with E-state index < -0.39 is 19.0 Å². The molecule has 32 heavy (non-hydrogen) atoms. The first-order valence-electron chi connectivity index (χ1n) is 9.20. The number of alkyl halides is 3. The van der Waals surface area contributed by atoms with Gasteiger partial charge in [-0.05, 0) is 48.5 Å². The number of anilines is 2. The Balaban J connectivity index is 0.000000523. The molecule has 0 aromatic heterocycles. The van der Waals surface area contributed by atoms with Crippen molar-refractivity contribution in [2.24, 2.45) is 5.10 Å². The number of hydrogen-bond donors (Lipinski definition) is 1. The highest BCUT2D eigenvalue weighted by Gasteiger charge is 2.33. The van der Waals surface area contributed by atoms with Gasteiger partial charge in [-0.3, -0.25) is 0 Å². The van der Waals surface area contributed by atoms with Crippen LogP contribution in [0.5, 0.6) is 0 Å². The lowest BCUT2D eigenvalue weighted by molar-refractivity contribution is -0.545. The van der Waals surface area contributed by atoms with Crippen LogP contribution in [0.15, 0.2) is 90.0 Å². The normalized spacial score (nSPS) is 14.0. The zero-order valence-electron chi connectivity index (χ0n) is 16.2. The number of halogens is 7. The molecule has 4 nitrogen and oxygen atoms in total. The van der Waals surface area contributed by atoms with E-state index in [0.29, 0.717) is 5.69 Å². The number of para-hydroxylation sites is 1. The zero-order valence-corrected chi connectivity index (χ0v) is 16.2. The molecule has 0 unspecified atom stereocenters. The van der Waals surface area contributed by atoms with Crippen LogP contribution in [0.2, 0.25) is 0 Å². The fraction of sp³-hybridized carbons (Fsp3) is 0.0500. The van der Waals surface area contributed by atoms with Crippen LogP contribution in [0.4, 0.5) is 41.8 Å². The van der Waals surface area contributed by atoms with Gasteiger partial charge >= 0.3 is 13.4 Å². The molecule has 0 aliphatic carbocycles. The highest BCUT2D eigenvalue weighted by Crippen LogP contribution is 2.31. The average Bonchev–Trinajstić information content (AvgIpc) is 3.19. The molecular formula is C20H16BF7N4. The number of hydrazine groups is 1. The highest BCUT2D eigenvalue weighted by molar-refractivity contribution is 6.50. The number of nitrogens with zero attached hydrogens (tertiary/aromatic N) is 3. The van der Waals surface area contributed by atoms with Gasteiger partial charge < -0.3 is 17.3 Å². The maximum Gasteiger partial charge on any atom is 0.673 e. The Kier molecular flexibility index (Phi) is 6.73. The number of hydrogen-bond acceptors (Lipinski definition) is 3. The van der Waals surface area contributed by atoms with Gasteiger partial charge in [-0.25, -0.2) is 0 Å². The fourth-order valence-corrected chi connectivity index (χ4v) is 2.82. The lowest BCUT2D eigenvalue weighted by Gasteiger charge is -2.24. The summed E-state index contributed by atoms with van der Waals surface area (Å²) in [6, 6.07) is 24.1. The largest absolute Gasteiger partial charge is 0.673 e. The van der Waals surface area contributed by atoms with Crippen molar-refractivity contribution in [1.29, 1.82) is 0 Å². The molecule has 3 aromatic carbocycles. The molecule has 4 rings (SSSR count). The molecule has 1 heterocycles. The Hall–Kier alpha value is -3.54. The molecule has 1 aliphatic rings. The molecule has 0 saturated heterocycles. The summed E-state index contributed by atoms with van der Waals surface area (Å²) in [5.41, 5.74) is 3.44. The van der Waals surface area contributed by atoms with E-state index in [1.807, 2.05) is 66.1 Å². The first-order valence-corrected chi connectivity index (χ1v) is 9.20. The van der Waals surface area contributed by atoms with Crippen LogP contribution in [-0.2, 0) is 6.18 Å². The molecule has 0 bridgehead atoms. The molecular weight excluding hydrogens is 440 g/mol. The highest BCUT2D eigenvalue weighted by atomic mass is 19.5. The van der Waals surface area contributed by atoms with Crippen molar-refractivity contribution in [3.05, 3.63) is 96.1 Å². The molecule has 0 saturated carbocycles. The lowest BCUT2D eigenvalue weighted by Crippen LogP contribution is -2.96. The molecule has 0 amide bonds. The average molecular weight is 456 g/mol. The van der Waals surface area contributed by atoms with E-state index >= 15 is 0 Å². The summed E-state index contributed by atoms with van der Waals surface area (Å²) >= 11 is 0. The third kappa shape index (κ3) is 6.23. The van der Waals surface area contributed by atoms with Crippen LogP contribution in [-0.4, -0.2) is 13.1 Å². The van der Waals surface area contributed by atoms with Crippen molar-refractivity contribution in [2.45, 2.75) is 6.18 Å². The van der Waals surface area contributed by atoms with E-state index in [4.69, 9.17) is 0 Å². The van der Waals surface area contributed by atoms with Crippen LogP contribution < -0.4 is 15.7 Å². The van der Waals surface area contributed by atoms with Gasteiger partial charge in [0, 0.05) is 0 Å². The first kappa shape index (κ1) is 23.1. The summed E-state index contributed by atoms with van der Waals surface area (Å²) in [5, 5.41) is 8.06. The van der Waals surface area contributed by atoms with Crippen molar-refractivity contribution in [3.63, 3.8) is 0 Å². The maximum absolute atomic E-state index is 12.9. The number of rotatable bonds is 3. The van der Waals surface area contributed by atoms with E-state index in [0.717, 1.165) is 29.2 Å². The third-order valence-electron chi connectivity index (χ3n) is 4.17. The summed E-state index contributed by atoms with van der Waals surface area (Å²) in [7, 11) is -6.00. The van der Waals surface area contributed by atoms with E-state index in [-0.39, 0.29) is 0 Å². The molecule has 0 fully saturated rings. The Bertz CT molecular complexity index is 1030. The van der Waals surface area contributed by atoms with Gasteiger partial charge in [-0.15, -0.1) is 10.2 Å². The number of amidine groups is 1. The lowest BCUT2D eigenvalue weighted by atomic mass is 10.2. The van der Waals surface area contributed by atoms with Crippen molar-refractivity contribution in [1.82, 2.24) is 0 Å². The standard InChI is InChI=1S/C20H15F3N4.BF4/c21-20(22,23)16-11-13-18(14-12-16)27-25-19(15-7-3-1-4-8-15)24-26(27)17-9-5-2-6-10-17;2-1(3,4)5/h1-14H,(H,24,25);/q;-1/p+1. The quantitative estimate of drug-likeness (QED) is 0.339. The Morgan fingerprint density at radius 2 is 1.19 bits per heavy atom. The van der Waals surface area contributed by atoms with Crippen molar-refractivity contribution < 1.29 is 35.9 Å². The van der Waals surface area contributed by atoms with Gasteiger partial charge in [0.15, 0.2) is 0 Å². The molecule has 12 heteroatoms. The second-order valence-corrected chi connectivity index (χ2v) is 6.49. The van der Waals surface area contributed by atoms with Crippen LogP contribution in [0.3, 0.4) is 0 Å². The monoisotopic (exact) mass is 456 g/mol. The minimum Gasteiger partial charge on any atom is -0.418 e. The van der Waals surface area contributed by atoms with Crippen LogP contribution in [0.1, 0.15) is 11.1 Å². The molecule has 1 aliphatic heterocycles. The van der Waals surface area contributed by atoms with E-state index in [9.17, 15) is 30.4 Å². The molecule has 0 radical (unpaired) electrons. The molecule has 3 aromatic rings. The summed E-state index contributed by atoms with van der Waals surface area (Å²) < 4.78 is 77.6. The summed E-state index contributed by atoms with van der Waals surface area (Å²) in [5.74, 6) is 0.722. The topological polar surface area (TPSA) is 35.5 Å². The van der Waals surface area contributed by atoms with E-state index in [2.05, 4.69) is 5.10 Å². The molecule has 0 spiro atoms. The Labute approximate surface area is 178 Å². The molecule has 0 atom stereocenters. The van der Waals surface area contributed by atoms with Gasteiger partial charge in [-0.1, -0.05) is 41.5 Å². The van der Waals surface area contributed by atoms with Crippen molar-refractivity contribution >= 4 is 24.5 Å². The predicted molar refractivity (Wildman–Crippen MR) is 108 cm³/mol. The fourth-order valence-electron chi connectivity index (χ4n) is 2.82. The second-order valence-electron chi connectivity index (χ2n) is 6.49. The molecule has 2 N–H and O–H groups in total. The summed E-state index contributed by atoms with van der Waals surface area (Å²) in [4.78, 5) is 0. The van der Waals surface area contributed by atoms with Gasteiger partial charge in [-0.2, -0.15) is 18.6 Å². The third-order valence-corrected chi connectivity index (χ3v) is 4.17. The van der Waals surface area contributed by atoms with E-state index in [1.165, 1.54) is 12.1 Å². The Morgan fingerprint density at radius 1 is 0.688 bits per heavy atom. The SMILES string of the molecule is FC(F)(F)c1ccc(N2[NH2+]C(c3ccccc3)=NN2c2ccccc2)cc1.F[B-](F)(F)F. The van der Waals surface area contributed by atoms with Gasteiger partial charge in [0.25, 0.3) is 5.84 Å². The molecule has 168 valence electrons. The number of quaternary nitrogens is 1. The van der Waals surface area contributed by atoms with Crippen LogP contribution >= 0.6 is 0 Å². The van der Waals surface area contributed by atoms with Crippen LogP contribution in [0.25, 0.3) is 0 Å². The van der Waals surface area contributed by atoms with E-state index in [1.54, 1.807) is 10.2 Å². The zero-order chi connectivity index (χ0) is 23.4. The predicted octanol–water partition coefficient (Wildman–Crippen LogP) is 5.09. The van der Waals surface area contributed by atoms with Gasteiger partial charge in [0.1, 0.15) is 5.69 Å². The maximum atomic E-state index is 12.9. The van der Waals surface area contributed by atoms with Gasteiger partial charge in [0.05, 0.1) is 16.8 Å². The Morgan fingerprint density at radius 3 is 1.69 bits per heavy atom.